The maximum atomic E-state index is 12.1. The molecule has 0 aliphatic rings. The van der Waals surface area contributed by atoms with E-state index in [0.717, 1.165) is 21.5 Å². The quantitative estimate of drug-likeness (QED) is 0.861. The normalized spacial score (nSPS) is 10.1. The van der Waals surface area contributed by atoms with Crippen molar-refractivity contribution in [2.75, 3.05) is 25.5 Å². The maximum absolute atomic E-state index is 12.1. The third-order valence-electron chi connectivity index (χ3n) is 3.24. The second kappa shape index (κ2) is 7.84. The summed E-state index contributed by atoms with van der Waals surface area (Å²) >= 11 is 3.41. The van der Waals surface area contributed by atoms with Crippen molar-refractivity contribution < 1.29 is 9.53 Å². The van der Waals surface area contributed by atoms with Gasteiger partial charge in [-0.25, -0.2) is 4.79 Å². The average Bonchev–Trinajstić information content (AvgIpc) is 2.51. The number of hydrogen-bond donors (Lipinski definition) is 1. The van der Waals surface area contributed by atoms with Gasteiger partial charge in [0.15, 0.2) is 0 Å². The number of carbonyl (C=O) groups is 1. The van der Waals surface area contributed by atoms with E-state index in [0.29, 0.717) is 13.2 Å². The van der Waals surface area contributed by atoms with Crippen molar-refractivity contribution >= 4 is 27.6 Å². The number of aryl methyl sites for hydroxylation is 1. The fraction of sp³-hybridized carbons (Fsp3) is 0.235. The van der Waals surface area contributed by atoms with E-state index in [4.69, 9.17) is 4.74 Å². The number of anilines is 1. The largest absolute Gasteiger partial charge is 0.491 e. The number of rotatable bonds is 5. The van der Waals surface area contributed by atoms with Crippen molar-refractivity contribution in [2.24, 2.45) is 0 Å². The monoisotopic (exact) mass is 362 g/mol. The zero-order chi connectivity index (χ0) is 15.9. The van der Waals surface area contributed by atoms with Crippen molar-refractivity contribution in [3.63, 3.8) is 0 Å². The lowest BCUT2D eigenvalue weighted by atomic mass is 10.2. The number of halogens is 1. The molecule has 0 aromatic heterocycles. The summed E-state index contributed by atoms with van der Waals surface area (Å²) in [5.74, 6) is 0.849. The molecule has 2 aromatic rings. The van der Waals surface area contributed by atoms with E-state index in [9.17, 15) is 4.79 Å². The zero-order valence-electron chi connectivity index (χ0n) is 12.7. The molecule has 1 N–H and O–H groups in total. The highest BCUT2D eigenvalue weighted by molar-refractivity contribution is 9.10. The van der Waals surface area contributed by atoms with E-state index in [1.165, 1.54) is 0 Å². The van der Waals surface area contributed by atoms with Gasteiger partial charge in [0.05, 0.1) is 12.2 Å². The van der Waals surface area contributed by atoms with Crippen LogP contribution in [-0.2, 0) is 0 Å². The van der Waals surface area contributed by atoms with Crippen LogP contribution in [0.3, 0.4) is 0 Å². The molecule has 0 heterocycles. The summed E-state index contributed by atoms with van der Waals surface area (Å²) < 4.78 is 6.56. The summed E-state index contributed by atoms with van der Waals surface area (Å²) in [6.07, 6.45) is 0. The second-order valence-electron chi connectivity index (χ2n) is 4.95. The molecule has 0 saturated heterocycles. The molecule has 2 amide bonds. The topological polar surface area (TPSA) is 41.6 Å². The number of benzene rings is 2. The number of ether oxygens (including phenoxy) is 1. The molecule has 0 radical (unpaired) electrons. The Balaban J connectivity index is 1.82. The van der Waals surface area contributed by atoms with Gasteiger partial charge in [-0.15, -0.1) is 0 Å². The van der Waals surface area contributed by atoms with Gasteiger partial charge in [0, 0.05) is 11.5 Å². The third-order valence-corrected chi connectivity index (χ3v) is 3.93. The minimum atomic E-state index is -0.166. The van der Waals surface area contributed by atoms with E-state index in [1.807, 2.05) is 55.5 Å². The van der Waals surface area contributed by atoms with Crippen LogP contribution in [0.2, 0.25) is 0 Å². The van der Waals surface area contributed by atoms with Crippen LogP contribution in [-0.4, -0.2) is 31.1 Å². The molecule has 5 heteroatoms. The average molecular weight is 363 g/mol. The molecule has 0 aliphatic carbocycles. The van der Waals surface area contributed by atoms with Gasteiger partial charge in [-0.05, 0) is 46.6 Å². The SMILES string of the molecule is Cc1ccccc1OCCN(C)C(=O)Nc1ccccc1Br. The highest BCUT2D eigenvalue weighted by atomic mass is 79.9. The first-order chi connectivity index (χ1) is 10.6. The molecule has 0 spiro atoms. The number of carbonyl (C=O) groups excluding carboxylic acids is 1. The van der Waals surface area contributed by atoms with Gasteiger partial charge >= 0.3 is 6.03 Å². The maximum Gasteiger partial charge on any atom is 0.321 e. The first-order valence-electron chi connectivity index (χ1n) is 7.03. The van der Waals surface area contributed by atoms with E-state index in [1.54, 1.807) is 11.9 Å². The first-order valence-corrected chi connectivity index (χ1v) is 7.82. The van der Waals surface area contributed by atoms with Crippen LogP contribution in [0.4, 0.5) is 10.5 Å². The molecule has 0 bridgehead atoms. The van der Waals surface area contributed by atoms with Crippen molar-refractivity contribution in [2.45, 2.75) is 6.92 Å². The Kier molecular flexibility index (Phi) is 5.83. The number of hydrogen-bond acceptors (Lipinski definition) is 2. The number of nitrogens with zero attached hydrogens (tertiary/aromatic N) is 1. The van der Waals surface area contributed by atoms with Crippen LogP contribution in [0, 0.1) is 6.92 Å². The van der Waals surface area contributed by atoms with Gasteiger partial charge in [0.25, 0.3) is 0 Å². The molecule has 0 fully saturated rings. The van der Waals surface area contributed by atoms with Crippen molar-refractivity contribution in [1.29, 1.82) is 0 Å². The Bertz CT molecular complexity index is 646. The van der Waals surface area contributed by atoms with Crippen LogP contribution >= 0.6 is 15.9 Å². The summed E-state index contributed by atoms with van der Waals surface area (Å²) in [4.78, 5) is 13.7. The molecule has 0 atom stereocenters. The molecule has 0 saturated carbocycles. The summed E-state index contributed by atoms with van der Waals surface area (Å²) in [7, 11) is 1.74. The number of para-hydroxylation sites is 2. The Hall–Kier alpha value is -2.01. The highest BCUT2D eigenvalue weighted by Gasteiger charge is 2.10. The predicted octanol–water partition coefficient (Wildman–Crippen LogP) is 4.30. The van der Waals surface area contributed by atoms with Gasteiger partial charge in [-0.1, -0.05) is 30.3 Å². The number of nitrogens with one attached hydrogen (secondary N) is 1. The molecule has 0 unspecified atom stereocenters. The second-order valence-corrected chi connectivity index (χ2v) is 5.80. The standard InChI is InChI=1S/C17H19BrN2O2/c1-13-7-3-6-10-16(13)22-12-11-20(2)17(21)19-15-9-5-4-8-14(15)18/h3-10H,11-12H2,1-2H3,(H,19,21). The molecular weight excluding hydrogens is 344 g/mol. The first kappa shape index (κ1) is 16.4. The zero-order valence-corrected chi connectivity index (χ0v) is 14.3. The number of likely N-dealkylation sites (N-methyl/N-ethyl adjacent to an activating group) is 1. The third kappa shape index (κ3) is 4.49. The number of urea groups is 1. The van der Waals surface area contributed by atoms with Gasteiger partial charge in [-0.2, -0.15) is 0 Å². The lowest BCUT2D eigenvalue weighted by Gasteiger charge is -2.19. The molecule has 2 aromatic carbocycles. The lowest BCUT2D eigenvalue weighted by Crippen LogP contribution is -2.34. The Morgan fingerprint density at radius 3 is 2.59 bits per heavy atom. The number of amides is 2. The predicted molar refractivity (Wildman–Crippen MR) is 92.5 cm³/mol. The highest BCUT2D eigenvalue weighted by Crippen LogP contribution is 2.21. The van der Waals surface area contributed by atoms with Crippen molar-refractivity contribution in [3.8, 4) is 5.75 Å². The van der Waals surface area contributed by atoms with Crippen LogP contribution in [0.5, 0.6) is 5.75 Å². The molecule has 0 aliphatic heterocycles. The van der Waals surface area contributed by atoms with E-state index in [-0.39, 0.29) is 6.03 Å². The fourth-order valence-electron chi connectivity index (χ4n) is 1.89. The summed E-state index contributed by atoms with van der Waals surface area (Å²) in [5, 5.41) is 2.85. The van der Waals surface area contributed by atoms with Gasteiger partial charge in [0.2, 0.25) is 0 Å². The Morgan fingerprint density at radius 1 is 1.18 bits per heavy atom. The fourth-order valence-corrected chi connectivity index (χ4v) is 2.27. The summed E-state index contributed by atoms with van der Waals surface area (Å²) in [6, 6.07) is 15.2. The van der Waals surface area contributed by atoms with Crippen LogP contribution in [0.25, 0.3) is 0 Å². The smallest absolute Gasteiger partial charge is 0.321 e. The molecular formula is C17H19BrN2O2. The van der Waals surface area contributed by atoms with Gasteiger partial charge < -0.3 is 15.0 Å². The van der Waals surface area contributed by atoms with Crippen LogP contribution in [0.1, 0.15) is 5.56 Å². The molecule has 116 valence electrons. The lowest BCUT2D eigenvalue weighted by molar-refractivity contribution is 0.207. The Labute approximate surface area is 139 Å². The Morgan fingerprint density at radius 2 is 1.86 bits per heavy atom. The molecule has 4 nitrogen and oxygen atoms in total. The molecule has 2 rings (SSSR count). The minimum Gasteiger partial charge on any atom is -0.491 e. The van der Waals surface area contributed by atoms with E-state index >= 15 is 0 Å². The van der Waals surface area contributed by atoms with Crippen LogP contribution < -0.4 is 10.1 Å². The van der Waals surface area contributed by atoms with E-state index in [2.05, 4.69) is 21.2 Å². The summed E-state index contributed by atoms with van der Waals surface area (Å²) in [5.41, 5.74) is 1.84. The van der Waals surface area contributed by atoms with Crippen molar-refractivity contribution in [1.82, 2.24) is 4.90 Å². The van der Waals surface area contributed by atoms with Gasteiger partial charge in [0.1, 0.15) is 12.4 Å². The van der Waals surface area contributed by atoms with Crippen LogP contribution in [0.15, 0.2) is 53.0 Å². The van der Waals surface area contributed by atoms with Gasteiger partial charge in [-0.3, -0.25) is 0 Å². The van der Waals surface area contributed by atoms with E-state index < -0.39 is 0 Å². The minimum absolute atomic E-state index is 0.166. The molecule has 22 heavy (non-hydrogen) atoms. The summed E-state index contributed by atoms with van der Waals surface area (Å²) in [6.45, 7) is 2.95. The van der Waals surface area contributed by atoms with Crippen molar-refractivity contribution in [3.05, 3.63) is 58.6 Å².